The fourth-order valence-electron chi connectivity index (χ4n) is 12.8. The first-order chi connectivity index (χ1) is 19.6. The smallest absolute Gasteiger partial charge is 0.309 e. The normalized spacial score (nSPS) is 45.7. The minimum atomic E-state index is -0.557. The molecule has 5 saturated carbocycles. The lowest BCUT2D eigenvalue weighted by molar-refractivity contribution is -0.240. The molecule has 0 amide bonds. The van der Waals surface area contributed by atoms with Crippen LogP contribution in [-0.2, 0) is 11.3 Å². The molecule has 0 aromatic heterocycles. The molecule has 5 aliphatic rings. The van der Waals surface area contributed by atoms with E-state index in [4.69, 9.17) is 0 Å². The maximum atomic E-state index is 12.9. The number of carboxylic acids is 1. The number of aliphatic carboxylic acids is 1. The van der Waals surface area contributed by atoms with Crippen molar-refractivity contribution in [2.75, 3.05) is 0 Å². The highest BCUT2D eigenvalue weighted by Gasteiger charge is 2.72. The van der Waals surface area contributed by atoms with Crippen molar-refractivity contribution >= 4 is 5.97 Å². The molecule has 232 valence electrons. The van der Waals surface area contributed by atoms with Crippen LogP contribution >= 0.6 is 0 Å². The molecule has 0 spiro atoms. The second kappa shape index (κ2) is 9.74. The van der Waals surface area contributed by atoms with Gasteiger partial charge in [0.15, 0.2) is 11.5 Å². The van der Waals surface area contributed by atoms with Gasteiger partial charge in [0.2, 0.25) is 0 Å². The lowest BCUT2D eigenvalue weighted by Gasteiger charge is -2.73. The van der Waals surface area contributed by atoms with Gasteiger partial charge in [0.05, 0.1) is 5.41 Å². The second-order valence-electron chi connectivity index (χ2n) is 16.8. The molecule has 5 heteroatoms. The molecule has 4 N–H and O–H groups in total. The number of rotatable bonds is 5. The largest absolute Gasteiger partial charge is 0.504 e. The van der Waals surface area contributed by atoms with Crippen LogP contribution in [0.5, 0.6) is 11.5 Å². The number of nitrogens with one attached hydrogen (secondary N) is 1. The number of carbonyl (C=O) groups is 1. The molecule has 0 aliphatic heterocycles. The number of allylic oxidation sites excluding steroid dienone is 1. The van der Waals surface area contributed by atoms with E-state index in [0.717, 1.165) is 44.1 Å². The van der Waals surface area contributed by atoms with Crippen molar-refractivity contribution < 1.29 is 20.1 Å². The predicted molar refractivity (Wildman–Crippen MR) is 167 cm³/mol. The topological polar surface area (TPSA) is 89.8 Å². The van der Waals surface area contributed by atoms with Crippen molar-refractivity contribution in [2.45, 2.75) is 118 Å². The average Bonchev–Trinajstić information content (AvgIpc) is 3.32. The fraction of sp³-hybridized carbons (Fsp3) is 0.757. The molecule has 1 aromatic carbocycles. The second-order valence-corrected chi connectivity index (χ2v) is 16.8. The molecule has 0 radical (unpaired) electrons. The summed E-state index contributed by atoms with van der Waals surface area (Å²) in [6, 6.07) is 5.52. The van der Waals surface area contributed by atoms with Crippen LogP contribution in [0.2, 0.25) is 0 Å². The number of phenols is 2. The summed E-state index contributed by atoms with van der Waals surface area (Å²) in [7, 11) is 0. The Bertz CT molecular complexity index is 1270. The van der Waals surface area contributed by atoms with Gasteiger partial charge in [-0.3, -0.25) is 4.79 Å². The molecule has 1 aromatic rings. The molecular weight excluding hydrogens is 522 g/mol. The van der Waals surface area contributed by atoms with Crippen LogP contribution in [0.15, 0.2) is 30.4 Å². The Kier molecular flexibility index (Phi) is 6.97. The zero-order valence-corrected chi connectivity index (χ0v) is 26.9. The minimum absolute atomic E-state index is 0.0593. The third-order valence-corrected chi connectivity index (χ3v) is 15.1. The van der Waals surface area contributed by atoms with Crippen LogP contribution < -0.4 is 5.32 Å². The summed E-state index contributed by atoms with van der Waals surface area (Å²) in [4.78, 5) is 12.9. The van der Waals surface area contributed by atoms with Crippen LogP contribution in [0.3, 0.4) is 0 Å². The van der Waals surface area contributed by atoms with Crippen LogP contribution in [0.4, 0.5) is 0 Å². The van der Waals surface area contributed by atoms with Crippen LogP contribution in [0, 0.1) is 56.7 Å². The molecular formula is C37H55NO4. The summed E-state index contributed by atoms with van der Waals surface area (Å²) in [5, 5.41) is 34.2. The molecule has 0 heterocycles. The molecule has 6 rings (SSSR count). The van der Waals surface area contributed by atoms with Gasteiger partial charge < -0.3 is 20.6 Å². The number of hydrogen-bond acceptors (Lipinski definition) is 4. The summed E-state index contributed by atoms with van der Waals surface area (Å²) in [6.07, 6.45) is 10.9. The molecule has 5 fully saturated rings. The van der Waals surface area contributed by atoms with Crippen molar-refractivity contribution in [1.29, 1.82) is 0 Å². The van der Waals surface area contributed by atoms with E-state index >= 15 is 0 Å². The van der Waals surface area contributed by atoms with E-state index in [1.165, 1.54) is 31.3 Å². The van der Waals surface area contributed by atoms with E-state index < -0.39 is 11.4 Å². The number of aromatic hydroxyl groups is 2. The van der Waals surface area contributed by atoms with Crippen LogP contribution in [0.1, 0.15) is 111 Å². The molecule has 10 atom stereocenters. The van der Waals surface area contributed by atoms with Gasteiger partial charge in [0.25, 0.3) is 0 Å². The van der Waals surface area contributed by atoms with Crippen molar-refractivity contribution in [3.05, 3.63) is 35.9 Å². The summed E-state index contributed by atoms with van der Waals surface area (Å²) in [5.74, 6) is 1.63. The molecule has 5 nitrogen and oxygen atoms in total. The van der Waals surface area contributed by atoms with Crippen molar-refractivity contribution in [2.24, 2.45) is 56.7 Å². The molecule has 0 saturated heterocycles. The zero-order valence-electron chi connectivity index (χ0n) is 26.9. The van der Waals surface area contributed by atoms with Gasteiger partial charge in [-0.05, 0) is 140 Å². The Balaban J connectivity index is 1.27. The summed E-state index contributed by atoms with van der Waals surface area (Å²) in [6.45, 7) is 20.0. The van der Waals surface area contributed by atoms with Gasteiger partial charge >= 0.3 is 5.97 Å². The SMILES string of the molecule is C=C(C)[C@@H]1CC[C@]2(C(=O)O)CC[C@]3(C)[C@H](CC[C@@H]4[C@@]5(C)CC[C@H](NCc6ccc(O)c(O)c6)C(C)(C)[C@@H]5CC[C@]43C)[C@@H]12. The Morgan fingerprint density at radius 2 is 1.62 bits per heavy atom. The van der Waals surface area contributed by atoms with E-state index in [1.807, 2.05) is 6.07 Å². The van der Waals surface area contributed by atoms with E-state index in [9.17, 15) is 20.1 Å². The molecule has 0 unspecified atom stereocenters. The van der Waals surface area contributed by atoms with Crippen LogP contribution in [0.25, 0.3) is 0 Å². The molecule has 0 bridgehead atoms. The van der Waals surface area contributed by atoms with E-state index in [-0.39, 0.29) is 39.1 Å². The van der Waals surface area contributed by atoms with E-state index in [0.29, 0.717) is 36.3 Å². The highest BCUT2D eigenvalue weighted by molar-refractivity contribution is 5.76. The van der Waals surface area contributed by atoms with Gasteiger partial charge in [-0.25, -0.2) is 0 Å². The van der Waals surface area contributed by atoms with E-state index in [2.05, 4.69) is 53.4 Å². The summed E-state index contributed by atoms with van der Waals surface area (Å²) in [5.41, 5.74) is 2.41. The third-order valence-electron chi connectivity index (χ3n) is 15.1. The highest BCUT2D eigenvalue weighted by Crippen LogP contribution is 2.77. The summed E-state index contributed by atoms with van der Waals surface area (Å²) >= 11 is 0. The minimum Gasteiger partial charge on any atom is -0.504 e. The number of phenolic OH excluding ortho intramolecular Hbond substituents is 2. The van der Waals surface area contributed by atoms with Gasteiger partial charge in [-0.15, -0.1) is 0 Å². The first kappa shape index (κ1) is 30.0. The Labute approximate surface area is 253 Å². The molecule has 42 heavy (non-hydrogen) atoms. The third kappa shape index (κ3) is 3.93. The monoisotopic (exact) mass is 577 g/mol. The lowest BCUT2D eigenvalue weighted by atomic mass is 9.32. The highest BCUT2D eigenvalue weighted by atomic mass is 16.4. The number of hydrogen-bond donors (Lipinski definition) is 4. The van der Waals surface area contributed by atoms with Gasteiger partial charge in [-0.2, -0.15) is 0 Å². The maximum absolute atomic E-state index is 12.9. The maximum Gasteiger partial charge on any atom is 0.309 e. The number of fused-ring (bicyclic) bond motifs is 7. The standard InChI is InChI=1S/C37H55NO4/c1-22(2)24-12-17-37(32(41)42)19-18-35(6)25(31(24)37)9-11-29-34(5)15-14-30(33(3,4)28(34)13-16-36(29,35)7)38-21-23-8-10-26(39)27(40)20-23/h8,10,20,24-25,28-31,38-40H,1,9,11-19,21H2,2-7H3,(H,41,42)/t24-,25+,28-,29+,30-,31+,34-,35+,36+,37-/m0/s1. The number of carboxylic acid groups (broad SMARTS) is 1. The lowest BCUT2D eigenvalue weighted by Crippen LogP contribution is -2.67. The Hall–Kier alpha value is -2.01. The van der Waals surface area contributed by atoms with Crippen LogP contribution in [-0.4, -0.2) is 27.3 Å². The quantitative estimate of drug-likeness (QED) is 0.209. The zero-order chi connectivity index (χ0) is 30.5. The first-order valence-electron chi connectivity index (χ1n) is 16.7. The first-order valence-corrected chi connectivity index (χ1v) is 16.7. The van der Waals surface area contributed by atoms with E-state index in [1.54, 1.807) is 12.1 Å². The van der Waals surface area contributed by atoms with Gasteiger partial charge in [-0.1, -0.05) is 52.8 Å². The van der Waals surface area contributed by atoms with Gasteiger partial charge in [0.1, 0.15) is 0 Å². The van der Waals surface area contributed by atoms with Crippen molar-refractivity contribution in [3.63, 3.8) is 0 Å². The van der Waals surface area contributed by atoms with Crippen molar-refractivity contribution in [1.82, 2.24) is 5.32 Å². The fourth-order valence-corrected chi connectivity index (χ4v) is 12.8. The summed E-state index contributed by atoms with van der Waals surface area (Å²) < 4.78 is 0. The average molecular weight is 578 g/mol. The molecule has 5 aliphatic carbocycles. The Morgan fingerprint density at radius 3 is 2.29 bits per heavy atom. The number of benzene rings is 1. The predicted octanol–water partition coefficient (Wildman–Crippen LogP) is 8.30. The Morgan fingerprint density at radius 1 is 0.881 bits per heavy atom. The van der Waals surface area contributed by atoms with Gasteiger partial charge in [0, 0.05) is 12.6 Å². The van der Waals surface area contributed by atoms with Crippen molar-refractivity contribution in [3.8, 4) is 11.5 Å².